The molecule has 0 saturated heterocycles. The van der Waals surface area contributed by atoms with E-state index in [1.807, 2.05) is 6.07 Å². The average molecular weight is 212 g/mol. The van der Waals surface area contributed by atoms with E-state index in [1.165, 1.54) is 10.6 Å². The molecule has 0 aliphatic carbocycles. The Hall–Kier alpha value is -0.830. The summed E-state index contributed by atoms with van der Waals surface area (Å²) in [5.74, 6) is 2.98. The molecule has 0 unspecified atom stereocenters. The first-order valence-corrected chi connectivity index (χ1v) is 7.36. The maximum atomic E-state index is 5.37. The van der Waals surface area contributed by atoms with Crippen molar-refractivity contribution in [2.75, 3.05) is 25.1 Å². The molecule has 1 heterocycles. The van der Waals surface area contributed by atoms with Crippen LogP contribution in [0.1, 0.15) is 6.92 Å². The van der Waals surface area contributed by atoms with E-state index in [9.17, 15) is 0 Å². The van der Waals surface area contributed by atoms with Crippen molar-refractivity contribution in [3.8, 4) is 11.5 Å². The van der Waals surface area contributed by atoms with Crippen LogP contribution in [0.5, 0.6) is 11.5 Å². The molecule has 0 N–H and O–H groups in total. The monoisotopic (exact) mass is 212 g/mol. The number of benzene rings is 1. The molecule has 0 aromatic heterocycles. The fourth-order valence-corrected chi connectivity index (χ4v) is 2.58. The second-order valence-electron chi connectivity index (χ2n) is 3.84. The fourth-order valence-electron chi connectivity index (χ4n) is 1.39. The summed E-state index contributed by atoms with van der Waals surface area (Å²) in [6.45, 7) is 2.60. The van der Waals surface area contributed by atoms with Crippen molar-refractivity contribution in [1.29, 1.82) is 0 Å². The van der Waals surface area contributed by atoms with Crippen molar-refractivity contribution in [2.24, 2.45) is 0 Å². The van der Waals surface area contributed by atoms with Gasteiger partial charge in [-0.2, -0.15) is 0 Å². The molecule has 1 aliphatic heterocycles. The highest BCUT2D eigenvalue weighted by Crippen LogP contribution is 2.51. The maximum absolute atomic E-state index is 5.37. The smallest absolute Gasteiger partial charge is 0.231 e. The average Bonchev–Trinajstić information content (AvgIpc) is 2.64. The van der Waals surface area contributed by atoms with E-state index < -0.39 is 10.0 Å². The Morgan fingerprint density at radius 3 is 2.64 bits per heavy atom. The minimum Gasteiger partial charge on any atom is -0.454 e. The first-order chi connectivity index (χ1) is 6.63. The molecular formula is C11H16O2S. The van der Waals surface area contributed by atoms with Gasteiger partial charge in [0, 0.05) is 0 Å². The van der Waals surface area contributed by atoms with E-state index in [4.69, 9.17) is 9.47 Å². The predicted molar refractivity (Wildman–Crippen MR) is 60.8 cm³/mol. The summed E-state index contributed by atoms with van der Waals surface area (Å²) >= 11 is 0. The van der Waals surface area contributed by atoms with Crippen molar-refractivity contribution in [1.82, 2.24) is 0 Å². The lowest BCUT2D eigenvalue weighted by Gasteiger charge is -2.30. The minimum absolute atomic E-state index is 0.362. The molecule has 1 aliphatic rings. The van der Waals surface area contributed by atoms with E-state index in [2.05, 4.69) is 31.6 Å². The Bertz CT molecular complexity index is 347. The van der Waals surface area contributed by atoms with Crippen LogP contribution in [0, 0.1) is 0 Å². The second-order valence-corrected chi connectivity index (χ2v) is 7.97. The van der Waals surface area contributed by atoms with Gasteiger partial charge in [0.2, 0.25) is 6.79 Å². The van der Waals surface area contributed by atoms with Crippen molar-refractivity contribution < 1.29 is 9.47 Å². The number of fused-ring (bicyclic) bond motifs is 1. The van der Waals surface area contributed by atoms with Gasteiger partial charge in [-0.3, -0.25) is 0 Å². The molecule has 0 atom stereocenters. The highest BCUT2D eigenvalue weighted by Gasteiger charge is 2.18. The van der Waals surface area contributed by atoms with Gasteiger partial charge in [0.15, 0.2) is 11.5 Å². The Kier molecular flexibility index (Phi) is 2.35. The van der Waals surface area contributed by atoms with Crippen LogP contribution in [0.15, 0.2) is 23.1 Å². The third kappa shape index (κ3) is 1.57. The van der Waals surface area contributed by atoms with E-state index in [1.54, 1.807) is 0 Å². The van der Waals surface area contributed by atoms with Crippen molar-refractivity contribution in [2.45, 2.75) is 11.8 Å². The zero-order valence-corrected chi connectivity index (χ0v) is 9.69. The van der Waals surface area contributed by atoms with Crippen LogP contribution in [0.3, 0.4) is 0 Å². The van der Waals surface area contributed by atoms with Gasteiger partial charge in [0.25, 0.3) is 0 Å². The van der Waals surface area contributed by atoms with Crippen LogP contribution in [0.25, 0.3) is 0 Å². The normalized spacial score (nSPS) is 15.6. The molecule has 1 aromatic rings. The van der Waals surface area contributed by atoms with Crippen molar-refractivity contribution >= 4 is 10.0 Å². The first-order valence-electron chi connectivity index (χ1n) is 4.74. The lowest BCUT2D eigenvalue weighted by molar-refractivity contribution is 0.174. The highest BCUT2D eigenvalue weighted by molar-refractivity contribution is 8.32. The third-order valence-corrected chi connectivity index (χ3v) is 5.68. The van der Waals surface area contributed by atoms with E-state index in [0.717, 1.165) is 11.5 Å². The number of ether oxygens (including phenoxy) is 2. The first kappa shape index (κ1) is 9.71. The highest BCUT2D eigenvalue weighted by atomic mass is 32.3. The van der Waals surface area contributed by atoms with E-state index in [-0.39, 0.29) is 0 Å². The second kappa shape index (κ2) is 3.39. The summed E-state index contributed by atoms with van der Waals surface area (Å²) in [7, 11) is -0.655. The Labute approximate surface area is 86.5 Å². The van der Waals surface area contributed by atoms with Crippen LogP contribution >= 0.6 is 10.0 Å². The topological polar surface area (TPSA) is 18.5 Å². The van der Waals surface area contributed by atoms with Gasteiger partial charge in [0.05, 0.1) is 0 Å². The summed E-state index contributed by atoms with van der Waals surface area (Å²) in [5, 5.41) is 0. The van der Waals surface area contributed by atoms with Crippen molar-refractivity contribution in [3.05, 3.63) is 18.2 Å². The van der Waals surface area contributed by atoms with E-state index in [0.29, 0.717) is 6.79 Å². The summed E-state index contributed by atoms with van der Waals surface area (Å²) in [6.07, 6.45) is 4.65. The van der Waals surface area contributed by atoms with Gasteiger partial charge in [-0.15, -0.1) is 0 Å². The molecule has 0 fully saturated rings. The third-order valence-electron chi connectivity index (χ3n) is 2.70. The lowest BCUT2D eigenvalue weighted by atomic mass is 10.3. The maximum Gasteiger partial charge on any atom is 0.231 e. The zero-order chi connectivity index (χ0) is 10.2. The molecule has 14 heavy (non-hydrogen) atoms. The predicted octanol–water partition coefficient (Wildman–Crippen LogP) is 2.86. The summed E-state index contributed by atoms with van der Waals surface area (Å²) in [4.78, 5) is 1.39. The van der Waals surface area contributed by atoms with Gasteiger partial charge in [-0.25, -0.2) is 10.0 Å². The van der Waals surface area contributed by atoms with Crippen LogP contribution in [-0.2, 0) is 0 Å². The molecule has 0 spiro atoms. The Balaban J connectivity index is 2.38. The Morgan fingerprint density at radius 2 is 1.93 bits per heavy atom. The molecule has 3 heteroatoms. The molecule has 0 bridgehead atoms. The molecule has 78 valence electrons. The number of hydrogen-bond acceptors (Lipinski definition) is 2. The summed E-state index contributed by atoms with van der Waals surface area (Å²) in [6, 6.07) is 6.30. The molecular weight excluding hydrogens is 196 g/mol. The summed E-state index contributed by atoms with van der Waals surface area (Å²) < 4.78 is 10.7. The SMILES string of the molecule is CCS(C)(C)c1ccc2c(c1)OCO2. The molecule has 1 aromatic carbocycles. The van der Waals surface area contributed by atoms with Crippen LogP contribution in [0.2, 0.25) is 0 Å². The van der Waals surface area contributed by atoms with Gasteiger partial charge in [-0.05, 0) is 41.4 Å². The quantitative estimate of drug-likeness (QED) is 0.750. The van der Waals surface area contributed by atoms with Crippen LogP contribution < -0.4 is 9.47 Å². The van der Waals surface area contributed by atoms with Gasteiger partial charge < -0.3 is 9.47 Å². The van der Waals surface area contributed by atoms with E-state index >= 15 is 0 Å². The van der Waals surface area contributed by atoms with Crippen molar-refractivity contribution in [3.63, 3.8) is 0 Å². The summed E-state index contributed by atoms with van der Waals surface area (Å²) in [5.41, 5.74) is 0. The minimum atomic E-state index is -0.655. The number of rotatable bonds is 2. The van der Waals surface area contributed by atoms with Gasteiger partial charge >= 0.3 is 0 Å². The van der Waals surface area contributed by atoms with Gasteiger partial charge in [0.1, 0.15) is 0 Å². The molecule has 0 saturated carbocycles. The molecule has 2 rings (SSSR count). The van der Waals surface area contributed by atoms with Crippen LogP contribution in [-0.4, -0.2) is 25.1 Å². The lowest BCUT2D eigenvalue weighted by Crippen LogP contribution is -1.98. The number of hydrogen-bond donors (Lipinski definition) is 0. The Morgan fingerprint density at radius 1 is 1.21 bits per heavy atom. The zero-order valence-electron chi connectivity index (χ0n) is 8.87. The molecule has 0 radical (unpaired) electrons. The standard InChI is InChI=1S/C11H16O2S/c1-4-14(2,3)9-5-6-10-11(7-9)13-8-12-10/h5-7H,4,8H2,1-3H3. The molecule has 2 nitrogen and oxygen atoms in total. The van der Waals surface area contributed by atoms with Gasteiger partial charge in [-0.1, -0.05) is 6.92 Å². The molecule has 0 amide bonds. The van der Waals surface area contributed by atoms with Crippen LogP contribution in [0.4, 0.5) is 0 Å². The largest absolute Gasteiger partial charge is 0.454 e. The fraction of sp³-hybridized carbons (Fsp3) is 0.455.